The molecule has 0 aromatic heterocycles. The van der Waals surface area contributed by atoms with Gasteiger partial charge in [-0.05, 0) is 57.5 Å². The Hall–Kier alpha value is -3.01. The number of sulfonamides is 1. The van der Waals surface area contributed by atoms with E-state index in [9.17, 15) is 26.8 Å². The predicted octanol–water partition coefficient (Wildman–Crippen LogP) is 3.06. The number of rotatable bonds is 8. The van der Waals surface area contributed by atoms with Crippen LogP contribution in [-0.4, -0.2) is 49.5 Å². The van der Waals surface area contributed by atoms with Gasteiger partial charge in [-0.3, -0.25) is 13.9 Å². The highest BCUT2D eigenvalue weighted by Crippen LogP contribution is 2.22. The van der Waals surface area contributed by atoms with Gasteiger partial charge in [-0.15, -0.1) is 0 Å². The van der Waals surface area contributed by atoms with Crippen molar-refractivity contribution in [2.24, 2.45) is 0 Å². The lowest BCUT2D eigenvalue weighted by atomic mass is 10.1. The van der Waals surface area contributed by atoms with Gasteiger partial charge in [0.2, 0.25) is 21.8 Å². The molecule has 0 aliphatic rings. The molecule has 180 valence electrons. The topological polar surface area (TPSA) is 86.8 Å². The van der Waals surface area contributed by atoms with Crippen molar-refractivity contribution in [2.45, 2.75) is 45.8 Å². The summed E-state index contributed by atoms with van der Waals surface area (Å²) in [5.41, 5.74) is -0.305. The number of halogens is 2. The normalized spacial score (nSPS) is 12.7. The van der Waals surface area contributed by atoms with Crippen LogP contribution in [0.5, 0.6) is 0 Å². The minimum Gasteiger partial charge on any atom is -0.350 e. The van der Waals surface area contributed by atoms with Gasteiger partial charge in [0.1, 0.15) is 24.2 Å². The van der Waals surface area contributed by atoms with E-state index in [-0.39, 0.29) is 12.2 Å². The van der Waals surface area contributed by atoms with Crippen LogP contribution >= 0.6 is 0 Å². The van der Waals surface area contributed by atoms with Gasteiger partial charge in [-0.2, -0.15) is 0 Å². The van der Waals surface area contributed by atoms with Gasteiger partial charge in [0.15, 0.2) is 0 Å². The third kappa shape index (κ3) is 7.52. The summed E-state index contributed by atoms with van der Waals surface area (Å²) in [6, 6.07) is 9.60. The van der Waals surface area contributed by atoms with Gasteiger partial charge >= 0.3 is 0 Å². The number of para-hydroxylation sites is 1. The fourth-order valence-electron chi connectivity index (χ4n) is 3.09. The predicted molar refractivity (Wildman–Crippen MR) is 123 cm³/mol. The SMILES string of the molecule is CC(C(=O)NC(C)(C)C)N(Cc1ccc(F)cc1)C(=O)CN(c1ccccc1F)S(C)(=O)=O. The Morgan fingerprint density at radius 3 is 2.12 bits per heavy atom. The van der Waals surface area contributed by atoms with E-state index in [1.807, 2.05) is 0 Å². The molecule has 0 saturated carbocycles. The van der Waals surface area contributed by atoms with Gasteiger partial charge in [0, 0.05) is 12.1 Å². The number of benzene rings is 2. The highest BCUT2D eigenvalue weighted by molar-refractivity contribution is 7.92. The molecule has 0 aliphatic heterocycles. The summed E-state index contributed by atoms with van der Waals surface area (Å²) in [4.78, 5) is 27.3. The smallest absolute Gasteiger partial charge is 0.244 e. The Bertz CT molecular complexity index is 1100. The summed E-state index contributed by atoms with van der Waals surface area (Å²) < 4.78 is 53.1. The van der Waals surface area contributed by atoms with Crippen molar-refractivity contribution in [3.05, 3.63) is 65.7 Å². The minimum absolute atomic E-state index is 0.0767. The molecule has 0 saturated heterocycles. The molecule has 7 nitrogen and oxygen atoms in total. The van der Waals surface area contributed by atoms with Crippen LogP contribution in [0.2, 0.25) is 0 Å². The summed E-state index contributed by atoms with van der Waals surface area (Å²) in [5, 5.41) is 2.79. The molecular weight excluding hydrogens is 452 g/mol. The maximum atomic E-state index is 14.3. The maximum Gasteiger partial charge on any atom is 0.244 e. The lowest BCUT2D eigenvalue weighted by Gasteiger charge is -2.33. The number of hydrogen-bond donors (Lipinski definition) is 1. The van der Waals surface area contributed by atoms with Crippen molar-refractivity contribution in [3.8, 4) is 0 Å². The molecule has 0 fully saturated rings. The number of anilines is 1. The van der Waals surface area contributed by atoms with Crippen LogP contribution in [0.4, 0.5) is 14.5 Å². The molecule has 1 atom stereocenters. The number of hydrogen-bond acceptors (Lipinski definition) is 4. The summed E-state index contributed by atoms with van der Waals surface area (Å²) in [7, 11) is -4.03. The average molecular weight is 482 g/mol. The van der Waals surface area contributed by atoms with Crippen LogP contribution in [0.3, 0.4) is 0 Å². The quantitative estimate of drug-likeness (QED) is 0.628. The molecule has 2 amide bonds. The zero-order valence-electron chi connectivity index (χ0n) is 19.3. The second-order valence-electron chi connectivity index (χ2n) is 8.78. The molecule has 0 heterocycles. The van der Waals surface area contributed by atoms with Crippen molar-refractivity contribution < 1.29 is 26.8 Å². The number of nitrogens with zero attached hydrogens (tertiary/aromatic N) is 2. The summed E-state index contributed by atoms with van der Waals surface area (Å²) in [5.74, 6) is -2.43. The van der Waals surface area contributed by atoms with E-state index in [1.165, 1.54) is 54.3 Å². The van der Waals surface area contributed by atoms with E-state index in [1.54, 1.807) is 20.8 Å². The molecule has 10 heteroatoms. The Labute approximate surface area is 193 Å². The summed E-state index contributed by atoms with van der Waals surface area (Å²) in [6.45, 7) is 6.07. The van der Waals surface area contributed by atoms with Crippen molar-refractivity contribution in [1.29, 1.82) is 0 Å². The lowest BCUT2D eigenvalue weighted by Crippen LogP contribution is -2.54. The zero-order chi connectivity index (χ0) is 25.0. The van der Waals surface area contributed by atoms with E-state index >= 15 is 0 Å². The second kappa shape index (κ2) is 10.3. The van der Waals surface area contributed by atoms with Crippen molar-refractivity contribution in [1.82, 2.24) is 10.2 Å². The highest BCUT2D eigenvalue weighted by Gasteiger charge is 2.32. The van der Waals surface area contributed by atoms with Crippen LogP contribution in [0, 0.1) is 11.6 Å². The first-order valence-corrected chi connectivity index (χ1v) is 12.1. The maximum absolute atomic E-state index is 14.3. The van der Waals surface area contributed by atoms with Crippen molar-refractivity contribution in [3.63, 3.8) is 0 Å². The van der Waals surface area contributed by atoms with Gasteiger partial charge < -0.3 is 10.2 Å². The summed E-state index contributed by atoms with van der Waals surface area (Å²) in [6.07, 6.45) is 0.868. The van der Waals surface area contributed by atoms with E-state index in [0.29, 0.717) is 9.87 Å². The van der Waals surface area contributed by atoms with E-state index < -0.39 is 51.6 Å². The molecule has 0 aliphatic carbocycles. The largest absolute Gasteiger partial charge is 0.350 e. The monoisotopic (exact) mass is 481 g/mol. The molecule has 0 bridgehead atoms. The van der Waals surface area contributed by atoms with Crippen molar-refractivity contribution in [2.75, 3.05) is 17.1 Å². The third-order valence-corrected chi connectivity index (χ3v) is 5.86. The number of carbonyl (C=O) groups is 2. The van der Waals surface area contributed by atoms with Crippen LogP contribution in [0.15, 0.2) is 48.5 Å². The first-order chi connectivity index (χ1) is 15.2. The Morgan fingerprint density at radius 1 is 1.03 bits per heavy atom. The Kier molecular flexibility index (Phi) is 8.18. The molecule has 1 unspecified atom stereocenters. The van der Waals surface area contributed by atoms with Crippen LogP contribution in [-0.2, 0) is 26.2 Å². The zero-order valence-corrected chi connectivity index (χ0v) is 20.1. The fourth-order valence-corrected chi connectivity index (χ4v) is 3.94. The number of nitrogens with one attached hydrogen (secondary N) is 1. The van der Waals surface area contributed by atoms with Crippen LogP contribution in [0.1, 0.15) is 33.3 Å². The third-order valence-electron chi connectivity index (χ3n) is 4.73. The molecule has 1 N–H and O–H groups in total. The van der Waals surface area contributed by atoms with Gasteiger partial charge in [0.25, 0.3) is 0 Å². The molecule has 33 heavy (non-hydrogen) atoms. The Morgan fingerprint density at radius 2 is 1.61 bits per heavy atom. The van der Waals surface area contributed by atoms with E-state index in [4.69, 9.17) is 0 Å². The lowest BCUT2D eigenvalue weighted by molar-refractivity contribution is -0.140. The number of amides is 2. The Balaban J connectivity index is 2.41. The molecule has 2 aromatic carbocycles. The van der Waals surface area contributed by atoms with Gasteiger partial charge in [-0.25, -0.2) is 17.2 Å². The van der Waals surface area contributed by atoms with Crippen molar-refractivity contribution >= 4 is 27.5 Å². The van der Waals surface area contributed by atoms with E-state index in [0.717, 1.165) is 12.3 Å². The molecule has 2 rings (SSSR count). The minimum atomic E-state index is -4.03. The molecule has 2 aromatic rings. The van der Waals surface area contributed by atoms with Crippen LogP contribution in [0.25, 0.3) is 0 Å². The molecule has 0 spiro atoms. The first kappa shape index (κ1) is 26.2. The van der Waals surface area contributed by atoms with Crippen LogP contribution < -0.4 is 9.62 Å². The average Bonchev–Trinajstić information content (AvgIpc) is 2.69. The molecule has 0 radical (unpaired) electrons. The second-order valence-corrected chi connectivity index (χ2v) is 10.7. The molecular formula is C23H29F2N3O4S. The fraction of sp³-hybridized carbons (Fsp3) is 0.391. The van der Waals surface area contributed by atoms with Gasteiger partial charge in [0.05, 0.1) is 11.9 Å². The number of carbonyl (C=O) groups excluding carboxylic acids is 2. The first-order valence-electron chi connectivity index (χ1n) is 10.3. The van der Waals surface area contributed by atoms with Gasteiger partial charge in [-0.1, -0.05) is 24.3 Å². The summed E-state index contributed by atoms with van der Waals surface area (Å²) >= 11 is 0. The standard InChI is InChI=1S/C23H29F2N3O4S/c1-16(22(30)26-23(2,3)4)27(14-17-10-12-18(24)13-11-17)21(29)15-28(33(5,31)32)20-9-7-6-8-19(20)25/h6-13,16H,14-15H2,1-5H3,(H,26,30). The van der Waals surface area contributed by atoms with E-state index in [2.05, 4.69) is 5.32 Å². The highest BCUT2D eigenvalue weighted by atomic mass is 32.2.